The van der Waals surface area contributed by atoms with Gasteiger partial charge in [0.15, 0.2) is 0 Å². The molecule has 1 heterocycles. The van der Waals surface area contributed by atoms with E-state index in [1.807, 2.05) is 0 Å². The molecule has 1 aromatic rings. The maximum absolute atomic E-state index is 13.2. The molecule has 9 nitrogen and oxygen atoms in total. The highest BCUT2D eigenvalue weighted by molar-refractivity contribution is 7.89. The molecule has 27 heavy (non-hydrogen) atoms. The third kappa shape index (κ3) is 4.92. The van der Waals surface area contributed by atoms with Crippen molar-refractivity contribution in [3.05, 3.63) is 33.9 Å². The number of nitro benzene ring substituents is 1. The predicted octanol–water partition coefficient (Wildman–Crippen LogP) is 2.31. The Labute approximate surface area is 156 Å². The quantitative estimate of drug-likeness (QED) is 0.564. The Bertz CT molecular complexity index is 829. The normalized spacial score (nSPS) is 16.2. The molecule has 1 fully saturated rings. The Morgan fingerprint density at radius 3 is 2.33 bits per heavy atom. The molecule has 0 atom stereocenters. The highest BCUT2D eigenvalue weighted by Crippen LogP contribution is 2.27. The van der Waals surface area contributed by atoms with Crippen LogP contribution in [0.15, 0.2) is 23.1 Å². The van der Waals surface area contributed by atoms with Crippen LogP contribution >= 0.6 is 0 Å². The molecule has 0 N–H and O–H groups in total. The van der Waals surface area contributed by atoms with Crippen molar-refractivity contribution in [1.82, 2.24) is 9.21 Å². The number of non-ortho nitro benzene ring substituents is 1. The Kier molecular flexibility index (Phi) is 6.05. The number of halogens is 1. The summed E-state index contributed by atoms with van der Waals surface area (Å²) >= 11 is 0. The van der Waals surface area contributed by atoms with E-state index in [0.717, 1.165) is 22.5 Å². The van der Waals surface area contributed by atoms with Gasteiger partial charge in [-0.3, -0.25) is 10.1 Å². The van der Waals surface area contributed by atoms with Gasteiger partial charge in [-0.15, -0.1) is 0 Å². The first-order chi connectivity index (χ1) is 12.5. The van der Waals surface area contributed by atoms with E-state index in [4.69, 9.17) is 4.74 Å². The topological polar surface area (TPSA) is 110 Å². The van der Waals surface area contributed by atoms with Crippen LogP contribution in [0.5, 0.6) is 0 Å². The van der Waals surface area contributed by atoms with Gasteiger partial charge in [0.05, 0.1) is 9.82 Å². The second kappa shape index (κ2) is 7.77. The number of alkyl halides is 1. The van der Waals surface area contributed by atoms with Crippen LogP contribution in [-0.2, 0) is 21.4 Å². The summed E-state index contributed by atoms with van der Waals surface area (Å²) in [6.07, 6.45) is -0.542. The smallest absolute Gasteiger partial charge is 0.410 e. The third-order valence-electron chi connectivity index (χ3n) is 3.91. The van der Waals surface area contributed by atoms with E-state index in [0.29, 0.717) is 0 Å². The summed E-state index contributed by atoms with van der Waals surface area (Å²) in [4.78, 5) is 23.2. The lowest BCUT2D eigenvalue weighted by atomic mass is 10.2. The summed E-state index contributed by atoms with van der Waals surface area (Å²) < 4.78 is 45.3. The lowest BCUT2D eigenvalue weighted by molar-refractivity contribution is -0.385. The SMILES string of the molecule is CC(C)(C)OC(=O)N1CCN(S(=O)(=O)c2cc([N+](=O)[O-])ccc2CF)CC1. The van der Waals surface area contributed by atoms with Gasteiger partial charge in [-0.2, -0.15) is 4.31 Å². The van der Waals surface area contributed by atoms with E-state index in [-0.39, 0.29) is 31.7 Å². The minimum Gasteiger partial charge on any atom is -0.444 e. The zero-order valence-corrected chi connectivity index (χ0v) is 16.2. The van der Waals surface area contributed by atoms with Gasteiger partial charge in [0.25, 0.3) is 5.69 Å². The Morgan fingerprint density at radius 1 is 1.26 bits per heavy atom. The van der Waals surface area contributed by atoms with Gasteiger partial charge in [0.1, 0.15) is 12.3 Å². The molecular formula is C16H22FN3O6S. The van der Waals surface area contributed by atoms with Crippen molar-refractivity contribution in [2.75, 3.05) is 26.2 Å². The number of carbonyl (C=O) groups excluding carboxylic acids is 1. The fourth-order valence-corrected chi connectivity index (χ4v) is 4.23. The first kappa shape index (κ1) is 21.0. The minimum atomic E-state index is -4.13. The van der Waals surface area contributed by atoms with Gasteiger partial charge in [0, 0.05) is 43.9 Å². The Balaban J connectivity index is 2.19. The standard InChI is InChI=1S/C16H22FN3O6S/c1-16(2,3)26-15(21)18-6-8-19(9-7-18)27(24,25)14-10-13(20(22)23)5-4-12(14)11-17/h4-5,10H,6-9,11H2,1-3H3. The number of carbonyl (C=O) groups is 1. The largest absolute Gasteiger partial charge is 0.444 e. The molecule has 0 spiro atoms. The summed E-state index contributed by atoms with van der Waals surface area (Å²) in [5.74, 6) is 0. The van der Waals surface area contributed by atoms with Crippen molar-refractivity contribution in [2.45, 2.75) is 37.9 Å². The van der Waals surface area contributed by atoms with Crippen LogP contribution in [0.25, 0.3) is 0 Å². The second-order valence-electron chi connectivity index (χ2n) is 7.05. The Morgan fingerprint density at radius 2 is 1.85 bits per heavy atom. The van der Waals surface area contributed by atoms with Gasteiger partial charge < -0.3 is 9.64 Å². The molecule has 0 unspecified atom stereocenters. The highest BCUT2D eigenvalue weighted by Gasteiger charge is 2.34. The van der Waals surface area contributed by atoms with Crippen molar-refractivity contribution in [3.63, 3.8) is 0 Å². The molecule has 1 amide bonds. The number of sulfonamides is 1. The summed E-state index contributed by atoms with van der Waals surface area (Å²) in [6.45, 7) is 4.30. The molecule has 1 aliphatic heterocycles. The van der Waals surface area contributed by atoms with Crippen LogP contribution < -0.4 is 0 Å². The van der Waals surface area contributed by atoms with Gasteiger partial charge in [-0.1, -0.05) is 0 Å². The van der Waals surface area contributed by atoms with Crippen molar-refractivity contribution in [2.24, 2.45) is 0 Å². The third-order valence-corrected chi connectivity index (χ3v) is 5.89. The molecule has 2 rings (SSSR count). The molecule has 1 aliphatic rings. The molecule has 1 saturated heterocycles. The number of piperazine rings is 1. The molecule has 1 aromatic carbocycles. The van der Waals surface area contributed by atoms with Crippen LogP contribution in [0.2, 0.25) is 0 Å². The molecule has 11 heteroatoms. The molecule has 150 valence electrons. The summed E-state index contributed by atoms with van der Waals surface area (Å²) in [6, 6.07) is 3.03. The average molecular weight is 403 g/mol. The monoisotopic (exact) mass is 403 g/mol. The van der Waals surface area contributed by atoms with E-state index in [2.05, 4.69) is 0 Å². The predicted molar refractivity (Wildman–Crippen MR) is 94.5 cm³/mol. The molecule has 0 saturated carbocycles. The van der Waals surface area contributed by atoms with Crippen molar-refractivity contribution >= 4 is 21.8 Å². The lowest BCUT2D eigenvalue weighted by Crippen LogP contribution is -2.51. The van der Waals surface area contributed by atoms with Gasteiger partial charge >= 0.3 is 6.09 Å². The summed E-state index contributed by atoms with van der Waals surface area (Å²) in [5.41, 5.74) is -1.24. The number of hydrogen-bond acceptors (Lipinski definition) is 6. The van der Waals surface area contributed by atoms with Crippen LogP contribution in [0.3, 0.4) is 0 Å². The van der Waals surface area contributed by atoms with Crippen LogP contribution in [0.1, 0.15) is 26.3 Å². The first-order valence-corrected chi connectivity index (χ1v) is 9.71. The van der Waals surface area contributed by atoms with E-state index in [1.165, 1.54) is 4.90 Å². The maximum Gasteiger partial charge on any atom is 0.410 e. The van der Waals surface area contributed by atoms with Gasteiger partial charge in [0.2, 0.25) is 10.0 Å². The van der Waals surface area contributed by atoms with Gasteiger partial charge in [-0.05, 0) is 26.8 Å². The van der Waals surface area contributed by atoms with Crippen LogP contribution in [-0.4, -0.2) is 60.4 Å². The molecular weight excluding hydrogens is 381 g/mol. The zero-order chi connectivity index (χ0) is 20.4. The second-order valence-corrected chi connectivity index (χ2v) is 8.96. The number of ether oxygens (including phenoxy) is 1. The van der Waals surface area contributed by atoms with Crippen molar-refractivity contribution in [1.29, 1.82) is 0 Å². The minimum absolute atomic E-state index is 0.0179. The number of nitro groups is 1. The molecule has 0 radical (unpaired) electrons. The summed E-state index contributed by atoms with van der Waals surface area (Å²) in [7, 11) is -4.13. The number of hydrogen-bond donors (Lipinski definition) is 0. The number of nitrogens with zero attached hydrogens (tertiary/aromatic N) is 3. The molecule has 0 aliphatic carbocycles. The van der Waals surface area contributed by atoms with Crippen LogP contribution in [0, 0.1) is 10.1 Å². The van der Waals surface area contributed by atoms with Crippen LogP contribution in [0.4, 0.5) is 14.9 Å². The highest BCUT2D eigenvalue weighted by atomic mass is 32.2. The number of benzene rings is 1. The Hall–Kier alpha value is -2.27. The van der Waals surface area contributed by atoms with E-state index < -0.39 is 43.9 Å². The molecule has 0 bridgehead atoms. The van der Waals surface area contributed by atoms with Crippen molar-refractivity contribution < 1.29 is 27.3 Å². The first-order valence-electron chi connectivity index (χ1n) is 8.27. The average Bonchev–Trinajstić information content (AvgIpc) is 2.59. The van der Waals surface area contributed by atoms with Crippen molar-refractivity contribution in [3.8, 4) is 0 Å². The zero-order valence-electron chi connectivity index (χ0n) is 15.3. The van der Waals surface area contributed by atoms with E-state index in [9.17, 15) is 27.7 Å². The fourth-order valence-electron chi connectivity index (χ4n) is 2.58. The van der Waals surface area contributed by atoms with Gasteiger partial charge in [-0.25, -0.2) is 17.6 Å². The molecule has 0 aromatic heterocycles. The number of rotatable bonds is 4. The van der Waals surface area contributed by atoms with E-state index in [1.54, 1.807) is 20.8 Å². The fraction of sp³-hybridized carbons (Fsp3) is 0.562. The lowest BCUT2D eigenvalue weighted by Gasteiger charge is -2.35. The number of amides is 1. The van der Waals surface area contributed by atoms with E-state index >= 15 is 0 Å². The summed E-state index contributed by atoms with van der Waals surface area (Å²) in [5, 5.41) is 10.9. The maximum atomic E-state index is 13.2.